The van der Waals surface area contributed by atoms with Crippen molar-refractivity contribution < 1.29 is 5.11 Å². The summed E-state index contributed by atoms with van der Waals surface area (Å²) in [6, 6.07) is 9.49. The number of hydrogen-bond acceptors (Lipinski definition) is 2. The van der Waals surface area contributed by atoms with Crippen LogP contribution in [0.3, 0.4) is 0 Å². The third kappa shape index (κ3) is 3.59. The molecule has 0 saturated carbocycles. The molecule has 0 amide bonds. The number of rotatable bonds is 4. The van der Waals surface area contributed by atoms with Crippen LogP contribution in [-0.2, 0) is 19.9 Å². The van der Waals surface area contributed by atoms with Crippen molar-refractivity contribution in [2.45, 2.75) is 25.4 Å². The Kier molecular flexibility index (Phi) is 3.73. The van der Waals surface area contributed by atoms with Gasteiger partial charge in [-0.25, -0.2) is 0 Å². The van der Waals surface area contributed by atoms with Crippen LogP contribution in [0.15, 0.2) is 36.5 Å². The number of benzene rings is 1. The zero-order valence-corrected chi connectivity index (χ0v) is 11.4. The Morgan fingerprint density at radius 3 is 2.44 bits per heavy atom. The second-order valence-corrected chi connectivity index (χ2v) is 5.39. The Balaban J connectivity index is 2.04. The molecule has 1 N–H and O–H groups in total. The van der Waals surface area contributed by atoms with E-state index >= 15 is 0 Å². The highest BCUT2D eigenvalue weighted by molar-refractivity contribution is 6.30. The molecule has 0 aliphatic heterocycles. The van der Waals surface area contributed by atoms with Gasteiger partial charge in [0.1, 0.15) is 0 Å². The quantitative estimate of drug-likeness (QED) is 0.922. The van der Waals surface area contributed by atoms with E-state index < -0.39 is 5.60 Å². The zero-order valence-electron chi connectivity index (χ0n) is 10.6. The highest BCUT2D eigenvalue weighted by Crippen LogP contribution is 2.19. The van der Waals surface area contributed by atoms with Crippen molar-refractivity contribution in [1.82, 2.24) is 9.78 Å². The van der Waals surface area contributed by atoms with E-state index in [-0.39, 0.29) is 0 Å². The van der Waals surface area contributed by atoms with Crippen LogP contribution in [0.1, 0.15) is 18.2 Å². The number of aliphatic hydroxyl groups is 1. The Morgan fingerprint density at radius 2 is 1.89 bits per heavy atom. The second kappa shape index (κ2) is 5.12. The summed E-state index contributed by atoms with van der Waals surface area (Å²) >= 11 is 5.84. The van der Waals surface area contributed by atoms with Crippen molar-refractivity contribution in [3.05, 3.63) is 52.8 Å². The second-order valence-electron chi connectivity index (χ2n) is 4.96. The Morgan fingerprint density at radius 1 is 1.22 bits per heavy atom. The van der Waals surface area contributed by atoms with Crippen molar-refractivity contribution in [2.75, 3.05) is 0 Å². The normalized spacial score (nSPS) is 14.4. The van der Waals surface area contributed by atoms with Crippen molar-refractivity contribution >= 4 is 11.6 Å². The molecule has 1 aromatic carbocycles. The summed E-state index contributed by atoms with van der Waals surface area (Å²) in [4.78, 5) is 0. The molecular weight excluding hydrogens is 248 g/mol. The van der Waals surface area contributed by atoms with Crippen molar-refractivity contribution in [1.29, 1.82) is 0 Å². The summed E-state index contributed by atoms with van der Waals surface area (Å²) in [6.45, 7) is 1.83. The van der Waals surface area contributed by atoms with Gasteiger partial charge in [0, 0.05) is 31.1 Å². The van der Waals surface area contributed by atoms with Crippen molar-refractivity contribution in [3.8, 4) is 0 Å². The van der Waals surface area contributed by atoms with Crippen molar-refractivity contribution in [3.63, 3.8) is 0 Å². The molecule has 0 aliphatic carbocycles. The maximum Gasteiger partial charge on any atom is 0.0715 e. The van der Waals surface area contributed by atoms with Crippen LogP contribution < -0.4 is 0 Å². The van der Waals surface area contributed by atoms with Gasteiger partial charge in [0.25, 0.3) is 0 Å². The third-order valence-electron chi connectivity index (χ3n) is 2.83. The molecule has 1 atom stereocenters. The van der Waals surface area contributed by atoms with Crippen molar-refractivity contribution in [2.24, 2.45) is 7.05 Å². The molecule has 0 fully saturated rings. The highest BCUT2D eigenvalue weighted by atomic mass is 35.5. The lowest BCUT2D eigenvalue weighted by Gasteiger charge is -2.22. The molecule has 0 aliphatic rings. The van der Waals surface area contributed by atoms with Crippen LogP contribution >= 0.6 is 11.6 Å². The van der Waals surface area contributed by atoms with Gasteiger partial charge in [-0.05, 0) is 30.7 Å². The van der Waals surface area contributed by atoms with Crippen LogP contribution in [0.2, 0.25) is 5.02 Å². The van der Waals surface area contributed by atoms with E-state index in [0.717, 1.165) is 11.3 Å². The minimum absolute atomic E-state index is 0.538. The first-order chi connectivity index (χ1) is 8.44. The molecule has 0 spiro atoms. The summed E-state index contributed by atoms with van der Waals surface area (Å²) in [6.07, 6.45) is 3.00. The molecule has 1 unspecified atom stereocenters. The van der Waals surface area contributed by atoms with Crippen LogP contribution in [0.5, 0.6) is 0 Å². The fourth-order valence-corrected chi connectivity index (χ4v) is 2.18. The first kappa shape index (κ1) is 13.1. The number of aryl methyl sites for hydroxylation is 1. The Labute approximate surface area is 112 Å². The first-order valence-electron chi connectivity index (χ1n) is 5.90. The lowest BCUT2D eigenvalue weighted by atomic mass is 9.92. The van der Waals surface area contributed by atoms with E-state index in [1.165, 1.54) is 0 Å². The van der Waals surface area contributed by atoms with Gasteiger partial charge >= 0.3 is 0 Å². The smallest absolute Gasteiger partial charge is 0.0715 e. The number of aromatic nitrogens is 2. The van der Waals surface area contributed by atoms with Gasteiger partial charge in [0.05, 0.1) is 11.3 Å². The molecule has 0 saturated heterocycles. The van der Waals surface area contributed by atoms with Gasteiger partial charge in [-0.1, -0.05) is 23.7 Å². The molecule has 96 valence electrons. The van der Waals surface area contributed by atoms with E-state index in [1.807, 2.05) is 50.5 Å². The number of hydrogen-bond donors (Lipinski definition) is 1. The molecule has 0 bridgehead atoms. The SMILES string of the molecule is Cn1ccc(CC(C)(O)Cc2ccc(Cl)cc2)n1. The van der Waals surface area contributed by atoms with Gasteiger partial charge in [-0.2, -0.15) is 5.10 Å². The number of nitrogens with zero attached hydrogens (tertiary/aromatic N) is 2. The molecule has 1 heterocycles. The molecule has 0 radical (unpaired) electrons. The maximum absolute atomic E-state index is 10.4. The average molecular weight is 265 g/mol. The predicted molar refractivity (Wildman–Crippen MR) is 72.7 cm³/mol. The van der Waals surface area contributed by atoms with Gasteiger partial charge in [-0.3, -0.25) is 4.68 Å². The summed E-state index contributed by atoms with van der Waals surface area (Å²) < 4.78 is 1.74. The molecule has 2 aromatic rings. The molecule has 1 aromatic heterocycles. The molecule has 18 heavy (non-hydrogen) atoms. The van der Waals surface area contributed by atoms with Crippen LogP contribution in [-0.4, -0.2) is 20.5 Å². The molecule has 3 nitrogen and oxygen atoms in total. The molecule has 4 heteroatoms. The lowest BCUT2D eigenvalue weighted by Crippen LogP contribution is -2.30. The van der Waals surface area contributed by atoms with Crippen LogP contribution in [0.4, 0.5) is 0 Å². The minimum atomic E-state index is -0.803. The minimum Gasteiger partial charge on any atom is -0.389 e. The van der Waals surface area contributed by atoms with E-state index in [9.17, 15) is 5.11 Å². The van der Waals surface area contributed by atoms with Gasteiger partial charge in [0.15, 0.2) is 0 Å². The van der Waals surface area contributed by atoms with E-state index in [4.69, 9.17) is 11.6 Å². The third-order valence-corrected chi connectivity index (χ3v) is 3.08. The van der Waals surface area contributed by atoms with Gasteiger partial charge in [-0.15, -0.1) is 0 Å². The molecular formula is C14H17ClN2O. The summed E-state index contributed by atoms with van der Waals surface area (Å²) in [5.74, 6) is 0. The maximum atomic E-state index is 10.4. The van der Waals surface area contributed by atoms with Gasteiger partial charge in [0.2, 0.25) is 0 Å². The Hall–Kier alpha value is -1.32. The number of halogens is 1. The summed E-state index contributed by atoms with van der Waals surface area (Å²) in [5, 5.41) is 15.4. The largest absolute Gasteiger partial charge is 0.389 e. The standard InChI is InChI=1S/C14H17ClN2O/c1-14(18,10-13-7-8-17(2)16-13)9-11-3-5-12(15)6-4-11/h3-8,18H,9-10H2,1-2H3. The first-order valence-corrected chi connectivity index (χ1v) is 6.28. The zero-order chi connectivity index (χ0) is 13.2. The summed E-state index contributed by atoms with van der Waals surface area (Å²) in [7, 11) is 1.87. The highest BCUT2D eigenvalue weighted by Gasteiger charge is 2.22. The predicted octanol–water partition coefficient (Wildman–Crippen LogP) is 2.61. The fraction of sp³-hybridized carbons (Fsp3) is 0.357. The average Bonchev–Trinajstić information content (AvgIpc) is 2.66. The van der Waals surface area contributed by atoms with Crippen LogP contribution in [0.25, 0.3) is 0 Å². The van der Waals surface area contributed by atoms with Gasteiger partial charge < -0.3 is 5.11 Å². The lowest BCUT2D eigenvalue weighted by molar-refractivity contribution is 0.0597. The monoisotopic (exact) mass is 264 g/mol. The topological polar surface area (TPSA) is 38.0 Å². The Bertz CT molecular complexity index is 517. The van der Waals surface area contributed by atoms with E-state index in [0.29, 0.717) is 17.9 Å². The molecule has 2 rings (SSSR count). The van der Waals surface area contributed by atoms with E-state index in [2.05, 4.69) is 5.10 Å². The van der Waals surface area contributed by atoms with E-state index in [1.54, 1.807) is 4.68 Å². The summed E-state index contributed by atoms with van der Waals surface area (Å²) in [5.41, 5.74) is 1.17. The van der Waals surface area contributed by atoms with Crippen LogP contribution in [0, 0.1) is 0 Å². The fourth-order valence-electron chi connectivity index (χ4n) is 2.05.